The fourth-order valence-corrected chi connectivity index (χ4v) is 2.28. The average Bonchev–Trinajstić information content (AvgIpc) is 2.70. The number of aliphatic hydroxyl groups excluding tert-OH is 1. The van der Waals surface area contributed by atoms with Crippen molar-refractivity contribution in [3.05, 3.63) is 51.5 Å². The van der Waals surface area contributed by atoms with Gasteiger partial charge in [0.15, 0.2) is 0 Å². The van der Waals surface area contributed by atoms with Crippen molar-refractivity contribution in [1.29, 1.82) is 0 Å². The van der Waals surface area contributed by atoms with Gasteiger partial charge >= 0.3 is 0 Å². The van der Waals surface area contributed by atoms with Crippen molar-refractivity contribution in [3.8, 4) is 0 Å². The number of aromatic nitrogens is 2. The minimum atomic E-state index is -1.19. The third-order valence-corrected chi connectivity index (χ3v) is 3.32. The lowest BCUT2D eigenvalue weighted by molar-refractivity contribution is 0.200. The van der Waals surface area contributed by atoms with E-state index in [1.807, 2.05) is 13.8 Å². The van der Waals surface area contributed by atoms with E-state index in [1.165, 1.54) is 18.3 Å². The van der Waals surface area contributed by atoms with Gasteiger partial charge in [-0.15, -0.1) is 0 Å². The van der Waals surface area contributed by atoms with Crippen LogP contribution in [0.25, 0.3) is 0 Å². The van der Waals surface area contributed by atoms with E-state index >= 15 is 0 Å². The van der Waals surface area contributed by atoms with E-state index in [9.17, 15) is 9.50 Å². The van der Waals surface area contributed by atoms with Crippen LogP contribution in [0.3, 0.4) is 0 Å². The molecule has 102 valence electrons. The molecule has 3 nitrogen and oxygen atoms in total. The Morgan fingerprint density at radius 1 is 1.32 bits per heavy atom. The zero-order valence-electron chi connectivity index (χ0n) is 10.4. The zero-order chi connectivity index (χ0) is 14.2. The van der Waals surface area contributed by atoms with E-state index in [-0.39, 0.29) is 16.6 Å². The van der Waals surface area contributed by atoms with E-state index in [4.69, 9.17) is 23.2 Å². The molecule has 0 saturated carbocycles. The van der Waals surface area contributed by atoms with Crippen LogP contribution in [0.2, 0.25) is 10.0 Å². The van der Waals surface area contributed by atoms with Gasteiger partial charge in [-0.3, -0.25) is 4.68 Å². The molecule has 0 aliphatic carbocycles. The Kier molecular flexibility index (Phi) is 4.13. The van der Waals surface area contributed by atoms with Crippen LogP contribution < -0.4 is 0 Å². The van der Waals surface area contributed by atoms with Gasteiger partial charge in [0, 0.05) is 16.6 Å². The van der Waals surface area contributed by atoms with Gasteiger partial charge in [0.1, 0.15) is 11.9 Å². The highest BCUT2D eigenvalue weighted by atomic mass is 35.5. The molecule has 1 heterocycles. The number of hydrogen-bond donors (Lipinski definition) is 1. The van der Waals surface area contributed by atoms with Crippen LogP contribution in [0.15, 0.2) is 24.4 Å². The molecule has 0 aliphatic rings. The summed E-state index contributed by atoms with van der Waals surface area (Å²) in [6.07, 6.45) is 0.253. The van der Waals surface area contributed by atoms with Crippen molar-refractivity contribution in [2.75, 3.05) is 0 Å². The van der Waals surface area contributed by atoms with Gasteiger partial charge in [0.2, 0.25) is 0 Å². The molecule has 0 amide bonds. The van der Waals surface area contributed by atoms with Crippen LogP contribution in [0.5, 0.6) is 0 Å². The largest absolute Gasteiger partial charge is 0.382 e. The van der Waals surface area contributed by atoms with Crippen LogP contribution in [0.4, 0.5) is 4.39 Å². The standard InChI is InChI=1S/C13H13Cl2FN2O/c1-7(2)18-12(10(15)6-17-18)13(19)9-4-3-8(14)5-11(9)16/h3-7,13,19H,1-2H3. The number of benzene rings is 1. The molecule has 0 bridgehead atoms. The predicted molar refractivity (Wildman–Crippen MR) is 73.1 cm³/mol. The third kappa shape index (κ3) is 2.76. The quantitative estimate of drug-likeness (QED) is 0.931. The van der Waals surface area contributed by atoms with Crippen molar-refractivity contribution in [3.63, 3.8) is 0 Å². The van der Waals surface area contributed by atoms with Gasteiger partial charge in [0.25, 0.3) is 0 Å². The Balaban J connectivity index is 2.49. The molecule has 1 unspecified atom stereocenters. The zero-order valence-corrected chi connectivity index (χ0v) is 12.0. The summed E-state index contributed by atoms with van der Waals surface area (Å²) in [4.78, 5) is 0. The van der Waals surface area contributed by atoms with Gasteiger partial charge < -0.3 is 5.11 Å². The number of hydrogen-bond acceptors (Lipinski definition) is 2. The molecule has 2 aromatic rings. The maximum absolute atomic E-state index is 13.8. The van der Waals surface area contributed by atoms with Crippen LogP contribution >= 0.6 is 23.2 Å². The molecule has 0 radical (unpaired) electrons. The lowest BCUT2D eigenvalue weighted by atomic mass is 10.1. The first-order chi connectivity index (χ1) is 8.91. The average molecular weight is 303 g/mol. The first-order valence-electron chi connectivity index (χ1n) is 5.77. The molecule has 1 atom stereocenters. The molecule has 0 spiro atoms. The highest BCUT2D eigenvalue weighted by Crippen LogP contribution is 2.32. The summed E-state index contributed by atoms with van der Waals surface area (Å²) >= 11 is 11.7. The minimum absolute atomic E-state index is 0.00696. The van der Waals surface area contributed by atoms with E-state index in [2.05, 4.69) is 5.10 Å². The molecule has 2 rings (SSSR count). The Morgan fingerprint density at radius 2 is 2.00 bits per heavy atom. The van der Waals surface area contributed by atoms with Crippen molar-refractivity contribution in [1.82, 2.24) is 9.78 Å². The van der Waals surface area contributed by atoms with Gasteiger partial charge in [-0.1, -0.05) is 29.3 Å². The van der Waals surface area contributed by atoms with E-state index < -0.39 is 11.9 Å². The number of halogens is 3. The van der Waals surface area contributed by atoms with Gasteiger partial charge in [-0.25, -0.2) is 4.39 Å². The second-order valence-electron chi connectivity index (χ2n) is 4.48. The lowest BCUT2D eigenvalue weighted by Gasteiger charge is -2.17. The van der Waals surface area contributed by atoms with Crippen LogP contribution in [-0.4, -0.2) is 14.9 Å². The summed E-state index contributed by atoms with van der Waals surface area (Å²) in [6.45, 7) is 3.80. The maximum Gasteiger partial charge on any atom is 0.130 e. The van der Waals surface area contributed by atoms with Crippen LogP contribution in [0, 0.1) is 5.82 Å². The molecule has 0 fully saturated rings. The minimum Gasteiger partial charge on any atom is -0.382 e. The molecule has 1 N–H and O–H groups in total. The Labute approximate surface area is 120 Å². The van der Waals surface area contributed by atoms with Gasteiger partial charge in [0.05, 0.1) is 16.9 Å². The molecular weight excluding hydrogens is 290 g/mol. The highest BCUT2D eigenvalue weighted by Gasteiger charge is 2.23. The molecule has 19 heavy (non-hydrogen) atoms. The Hall–Kier alpha value is -1.10. The smallest absolute Gasteiger partial charge is 0.130 e. The van der Waals surface area contributed by atoms with Crippen molar-refractivity contribution < 1.29 is 9.50 Å². The van der Waals surface area contributed by atoms with Crippen molar-refractivity contribution in [2.24, 2.45) is 0 Å². The Bertz CT molecular complexity index is 598. The topological polar surface area (TPSA) is 38.0 Å². The third-order valence-electron chi connectivity index (χ3n) is 2.79. The summed E-state index contributed by atoms with van der Waals surface area (Å²) in [5, 5.41) is 15.0. The normalized spacial score (nSPS) is 13.0. The first-order valence-corrected chi connectivity index (χ1v) is 6.53. The lowest BCUT2D eigenvalue weighted by Crippen LogP contribution is -2.13. The molecule has 0 aliphatic heterocycles. The SMILES string of the molecule is CC(C)n1ncc(Cl)c1C(O)c1ccc(Cl)cc1F. The van der Waals surface area contributed by atoms with Gasteiger partial charge in [-0.05, 0) is 26.0 Å². The highest BCUT2D eigenvalue weighted by molar-refractivity contribution is 6.31. The summed E-state index contributed by atoms with van der Waals surface area (Å²) in [6, 6.07) is 4.13. The summed E-state index contributed by atoms with van der Waals surface area (Å²) in [7, 11) is 0. The molecule has 1 aromatic heterocycles. The number of nitrogens with zero attached hydrogens (tertiary/aromatic N) is 2. The van der Waals surface area contributed by atoms with E-state index in [0.717, 1.165) is 6.07 Å². The number of rotatable bonds is 3. The summed E-state index contributed by atoms with van der Waals surface area (Å²) in [5.74, 6) is -0.576. The molecule has 0 saturated heterocycles. The second kappa shape index (κ2) is 5.49. The first kappa shape index (κ1) is 14.3. The number of aliphatic hydroxyl groups is 1. The molecular formula is C13H13Cl2FN2O. The van der Waals surface area contributed by atoms with Gasteiger partial charge in [-0.2, -0.15) is 5.10 Å². The van der Waals surface area contributed by atoms with E-state index in [0.29, 0.717) is 10.7 Å². The summed E-state index contributed by atoms with van der Waals surface area (Å²) in [5.41, 5.74) is 0.492. The monoisotopic (exact) mass is 302 g/mol. The van der Waals surface area contributed by atoms with Crippen LogP contribution in [-0.2, 0) is 0 Å². The molecule has 6 heteroatoms. The predicted octanol–water partition coefficient (Wildman–Crippen LogP) is 3.99. The fourth-order valence-electron chi connectivity index (χ4n) is 1.89. The van der Waals surface area contributed by atoms with E-state index in [1.54, 1.807) is 4.68 Å². The molecule has 1 aromatic carbocycles. The second-order valence-corrected chi connectivity index (χ2v) is 5.33. The van der Waals surface area contributed by atoms with Crippen molar-refractivity contribution >= 4 is 23.2 Å². The summed E-state index contributed by atoms with van der Waals surface area (Å²) < 4.78 is 15.4. The Morgan fingerprint density at radius 3 is 2.58 bits per heavy atom. The van der Waals surface area contributed by atoms with Crippen LogP contribution in [0.1, 0.15) is 37.3 Å². The maximum atomic E-state index is 13.8. The van der Waals surface area contributed by atoms with Crippen molar-refractivity contribution in [2.45, 2.75) is 26.0 Å². The fraction of sp³-hybridized carbons (Fsp3) is 0.308.